The Morgan fingerprint density at radius 1 is 1.04 bits per heavy atom. The summed E-state index contributed by atoms with van der Waals surface area (Å²) in [6.07, 6.45) is 11.0. The van der Waals surface area contributed by atoms with Crippen molar-refractivity contribution in [3.63, 3.8) is 0 Å². The topological polar surface area (TPSA) is 197 Å². The first-order valence-electron chi connectivity index (χ1n) is 17.8. The number of esters is 3. The summed E-state index contributed by atoms with van der Waals surface area (Å²) < 4.78 is 15.2. The van der Waals surface area contributed by atoms with Gasteiger partial charge in [-0.1, -0.05) is 44.6 Å². The van der Waals surface area contributed by atoms with Gasteiger partial charge in [0.15, 0.2) is 12.4 Å². The molecule has 0 heterocycles. The maximum atomic E-state index is 13.5. The summed E-state index contributed by atoms with van der Waals surface area (Å²) in [7, 11) is 0. The summed E-state index contributed by atoms with van der Waals surface area (Å²) in [6, 6.07) is 0. The van der Waals surface area contributed by atoms with Gasteiger partial charge in [-0.2, -0.15) is 0 Å². The van der Waals surface area contributed by atoms with Gasteiger partial charge in [-0.15, -0.1) is 0 Å². The van der Waals surface area contributed by atoms with E-state index in [1.165, 1.54) is 0 Å². The highest BCUT2D eigenvalue weighted by Crippen LogP contribution is 2.67. The van der Waals surface area contributed by atoms with Crippen molar-refractivity contribution in [1.82, 2.24) is 0 Å². The molecule has 4 aliphatic rings. The average molecular weight is 700 g/mol. The highest BCUT2D eigenvalue weighted by Gasteiger charge is 2.68. The number of ether oxygens (including phenoxy) is 3. The van der Waals surface area contributed by atoms with Crippen molar-refractivity contribution in [3.8, 4) is 0 Å². The third-order valence-electron chi connectivity index (χ3n) is 12.1. The van der Waals surface area contributed by atoms with Gasteiger partial charge in [0.1, 0.15) is 5.60 Å². The molecule has 50 heavy (non-hydrogen) atoms. The Kier molecular flexibility index (Phi) is 12.6. The fraction of sp³-hybridized carbons (Fsp3) is 0.684. The monoisotopic (exact) mass is 699 g/mol. The number of rotatable bonds is 16. The molecule has 1 amide bonds. The molecule has 0 aromatic rings. The Balaban J connectivity index is 1.20. The lowest BCUT2D eigenvalue weighted by atomic mass is 9.46. The Hall–Kier alpha value is -3.64. The third kappa shape index (κ3) is 8.28. The molecule has 0 aromatic carbocycles. The molecule has 0 aliphatic heterocycles. The normalized spacial score (nSPS) is 32.6. The number of hydrogen-bond donors (Lipinski definition) is 3. The van der Waals surface area contributed by atoms with Crippen LogP contribution in [-0.4, -0.2) is 70.7 Å². The van der Waals surface area contributed by atoms with Crippen molar-refractivity contribution in [1.29, 1.82) is 0 Å². The lowest BCUT2D eigenvalue weighted by Gasteiger charge is -2.59. The number of nitrogens with two attached hydrogens (primary N) is 1. The van der Waals surface area contributed by atoms with Gasteiger partial charge in [-0.3, -0.25) is 28.8 Å². The molecule has 276 valence electrons. The quantitative estimate of drug-likeness (QED) is 0.120. The minimum atomic E-state index is -1.77. The molecule has 3 saturated carbocycles. The SMILES string of the molecule is C/C=C/C[C@@H](C)[C@H](CC(N)=O)CC(=O)OCOC(=O)CCCC(=O)OCC(=O)[C@@]1(O)CCC2C3CCC4=CC(=O)C=C[C@]4(C)C3[C@@H](O)C[C@@]21C. The van der Waals surface area contributed by atoms with Crippen LogP contribution in [-0.2, 0) is 43.0 Å². The van der Waals surface area contributed by atoms with E-state index in [4.69, 9.17) is 19.9 Å². The average Bonchev–Trinajstić information content (AvgIpc) is 3.32. The standard InChI is InChI=1S/C38H53NO11/c1-5-6-8-23(2)24(17-31(39)43)18-34(46)50-22-49-33(45)10-7-9-32(44)48-21-30(42)38(47)16-14-28-27-12-11-25-19-26(40)13-15-36(25,3)35(27)29(41)20-37(28,38)4/h5-6,13,15,19,23-24,27-29,35,41,47H,7-12,14,16-18,20-22H2,1-4H3,(H2,39,43)/b6-5+/t23-,24-,27?,28?,29+,35?,36+,37+,38+/m1/s1. The highest BCUT2D eigenvalue weighted by molar-refractivity contribution is 6.01. The number of carbonyl (C=O) groups excluding carboxylic acids is 6. The van der Waals surface area contributed by atoms with Crippen LogP contribution in [0, 0.1) is 40.4 Å². The molecule has 4 N–H and O–H groups in total. The molecular weight excluding hydrogens is 646 g/mol. The minimum Gasteiger partial charge on any atom is -0.458 e. The van der Waals surface area contributed by atoms with Gasteiger partial charge in [0.25, 0.3) is 0 Å². The van der Waals surface area contributed by atoms with E-state index in [-0.39, 0.29) is 80.3 Å². The van der Waals surface area contributed by atoms with E-state index < -0.39 is 65.5 Å². The van der Waals surface area contributed by atoms with Gasteiger partial charge < -0.3 is 30.2 Å². The lowest BCUT2D eigenvalue weighted by Crippen LogP contribution is -2.61. The van der Waals surface area contributed by atoms with E-state index in [2.05, 4.69) is 6.92 Å². The number of hydrogen-bond acceptors (Lipinski definition) is 11. The van der Waals surface area contributed by atoms with Crippen LogP contribution >= 0.6 is 0 Å². The molecule has 0 radical (unpaired) electrons. The zero-order valence-electron chi connectivity index (χ0n) is 29.7. The second-order valence-corrected chi connectivity index (χ2v) is 15.1. The van der Waals surface area contributed by atoms with E-state index >= 15 is 0 Å². The first-order valence-corrected chi connectivity index (χ1v) is 17.8. The lowest BCUT2D eigenvalue weighted by molar-refractivity contribution is -0.181. The number of primary amides is 1. The van der Waals surface area contributed by atoms with Crippen molar-refractivity contribution in [2.75, 3.05) is 13.4 Å². The molecular formula is C38H53NO11. The first kappa shape index (κ1) is 39.2. The van der Waals surface area contributed by atoms with Crippen molar-refractivity contribution in [2.45, 2.75) is 110 Å². The number of allylic oxidation sites excluding steroid dienone is 6. The minimum absolute atomic E-state index is 0.00789. The third-order valence-corrected chi connectivity index (χ3v) is 12.1. The maximum Gasteiger partial charge on any atom is 0.308 e. The number of carbonyl (C=O) groups is 6. The molecule has 0 aromatic heterocycles. The van der Waals surface area contributed by atoms with Crippen LogP contribution in [0.3, 0.4) is 0 Å². The molecule has 3 fully saturated rings. The summed E-state index contributed by atoms with van der Waals surface area (Å²) in [5.74, 6) is -3.64. The van der Waals surface area contributed by atoms with Crippen LogP contribution in [0.5, 0.6) is 0 Å². The zero-order chi connectivity index (χ0) is 36.9. The molecule has 9 atom stereocenters. The van der Waals surface area contributed by atoms with Gasteiger partial charge in [-0.25, -0.2) is 0 Å². The number of aliphatic hydroxyl groups excluding tert-OH is 1. The van der Waals surface area contributed by atoms with E-state index in [9.17, 15) is 39.0 Å². The Morgan fingerprint density at radius 3 is 2.40 bits per heavy atom. The predicted molar refractivity (Wildman–Crippen MR) is 180 cm³/mol. The first-order chi connectivity index (χ1) is 23.6. The summed E-state index contributed by atoms with van der Waals surface area (Å²) in [6.45, 7) is 6.47. The molecule has 12 nitrogen and oxygen atoms in total. The Labute approximate surface area is 293 Å². The van der Waals surface area contributed by atoms with Gasteiger partial charge in [0.05, 0.1) is 6.10 Å². The van der Waals surface area contributed by atoms with E-state index in [0.29, 0.717) is 19.3 Å². The summed E-state index contributed by atoms with van der Waals surface area (Å²) in [4.78, 5) is 73.8. The van der Waals surface area contributed by atoms with Crippen LogP contribution in [0.2, 0.25) is 0 Å². The van der Waals surface area contributed by atoms with E-state index in [0.717, 1.165) is 12.0 Å². The molecule has 0 spiro atoms. The van der Waals surface area contributed by atoms with Crippen molar-refractivity contribution in [3.05, 3.63) is 36.0 Å². The van der Waals surface area contributed by atoms with Crippen LogP contribution in [0.4, 0.5) is 0 Å². The zero-order valence-corrected chi connectivity index (χ0v) is 29.7. The molecule has 0 saturated heterocycles. The predicted octanol–water partition coefficient (Wildman–Crippen LogP) is 3.81. The van der Waals surface area contributed by atoms with Crippen molar-refractivity contribution >= 4 is 35.4 Å². The van der Waals surface area contributed by atoms with Gasteiger partial charge >= 0.3 is 17.9 Å². The summed E-state index contributed by atoms with van der Waals surface area (Å²) in [5.41, 5.74) is 3.20. The van der Waals surface area contributed by atoms with Crippen LogP contribution in [0.15, 0.2) is 36.0 Å². The van der Waals surface area contributed by atoms with Crippen LogP contribution in [0.25, 0.3) is 0 Å². The fourth-order valence-electron chi connectivity index (χ4n) is 9.29. The number of ketones is 2. The molecule has 12 heteroatoms. The number of amides is 1. The highest BCUT2D eigenvalue weighted by atomic mass is 16.7. The Bertz CT molecular complexity index is 1430. The largest absolute Gasteiger partial charge is 0.458 e. The summed E-state index contributed by atoms with van der Waals surface area (Å²) >= 11 is 0. The second kappa shape index (κ2) is 16.1. The van der Waals surface area contributed by atoms with Gasteiger partial charge in [0, 0.05) is 42.4 Å². The van der Waals surface area contributed by atoms with E-state index in [1.54, 1.807) is 12.2 Å². The number of fused-ring (bicyclic) bond motifs is 5. The number of Topliss-reactive ketones (excluding diaryl/α,β-unsaturated/α-hetero) is 1. The van der Waals surface area contributed by atoms with Crippen molar-refractivity contribution in [2.24, 2.45) is 46.2 Å². The van der Waals surface area contributed by atoms with E-state index in [1.807, 2.05) is 39.0 Å². The molecule has 3 unspecified atom stereocenters. The van der Waals surface area contributed by atoms with Gasteiger partial charge in [-0.05, 0) is 87.7 Å². The van der Waals surface area contributed by atoms with Crippen LogP contribution < -0.4 is 5.73 Å². The Morgan fingerprint density at radius 2 is 1.72 bits per heavy atom. The molecule has 4 rings (SSSR count). The maximum absolute atomic E-state index is 13.5. The smallest absolute Gasteiger partial charge is 0.308 e. The molecule has 4 aliphatic carbocycles. The summed E-state index contributed by atoms with van der Waals surface area (Å²) in [5, 5.41) is 23.4. The number of aliphatic hydroxyl groups is 2. The molecule has 0 bridgehead atoms. The van der Waals surface area contributed by atoms with Crippen molar-refractivity contribution < 1.29 is 53.2 Å². The van der Waals surface area contributed by atoms with Crippen LogP contribution in [0.1, 0.15) is 98.3 Å². The van der Waals surface area contributed by atoms with Gasteiger partial charge in [0.2, 0.25) is 18.5 Å². The fourth-order valence-corrected chi connectivity index (χ4v) is 9.29. The second-order valence-electron chi connectivity index (χ2n) is 15.1.